The van der Waals surface area contributed by atoms with Gasteiger partial charge in [-0.2, -0.15) is 0 Å². The molecule has 0 saturated carbocycles. The first kappa shape index (κ1) is 31.7. The van der Waals surface area contributed by atoms with Gasteiger partial charge in [0, 0.05) is 11.3 Å². The lowest BCUT2D eigenvalue weighted by atomic mass is 9.95. The lowest BCUT2D eigenvalue weighted by molar-refractivity contribution is -0.132. The Balaban J connectivity index is 1.25. The van der Waals surface area contributed by atoms with Crippen molar-refractivity contribution in [1.29, 1.82) is 0 Å². The monoisotopic (exact) mass is 679 g/mol. The Labute approximate surface area is 286 Å². The molecule has 0 unspecified atom stereocenters. The lowest BCUT2D eigenvalue weighted by Crippen LogP contribution is -2.29. The predicted octanol–water partition coefficient (Wildman–Crippen LogP) is 7.81. The molecule has 48 heavy (non-hydrogen) atoms. The number of aliphatic hydroxyl groups excluding tert-OH is 1. The van der Waals surface area contributed by atoms with Crippen molar-refractivity contribution in [3.8, 4) is 17.2 Å². The summed E-state index contributed by atoms with van der Waals surface area (Å²) in [6.45, 7) is 5.56. The van der Waals surface area contributed by atoms with E-state index in [-0.39, 0.29) is 16.5 Å². The second-order valence-electron chi connectivity index (χ2n) is 11.9. The maximum atomic E-state index is 13.8. The molecular weight excluding hydrogens is 647 g/mol. The van der Waals surface area contributed by atoms with Crippen molar-refractivity contribution in [2.24, 2.45) is 5.92 Å². The minimum Gasteiger partial charge on any atom is -0.507 e. The zero-order valence-corrected chi connectivity index (χ0v) is 28.1. The quantitative estimate of drug-likeness (QED) is 0.0520. The number of ketones is 1. The van der Waals surface area contributed by atoms with Gasteiger partial charge in [0.15, 0.2) is 15.8 Å². The standard InChI is InChI=1S/C37H33N3O6S2/c1-22(2)15-16-44-27-11-6-9-24(19-27)32-31(33(41)25-13-14-29-30(20-25)46-18-17-45-29)34(42)35(43)40(32)36-38-39-37(48-36)47-21-26-10-5-8-23-7-3-4-12-28(23)26/h3-14,19-20,22,32,41H,15-18,21H2,1-2H3/b33-31+/t32-/m0/s1. The summed E-state index contributed by atoms with van der Waals surface area (Å²) >= 11 is 2.74. The third kappa shape index (κ3) is 6.35. The van der Waals surface area contributed by atoms with Gasteiger partial charge < -0.3 is 19.3 Å². The fourth-order valence-corrected chi connectivity index (χ4v) is 7.67. The molecule has 5 aromatic rings. The molecule has 7 rings (SSSR count). The number of aromatic nitrogens is 2. The number of rotatable bonds is 10. The third-order valence-electron chi connectivity index (χ3n) is 8.23. The number of nitrogens with zero attached hydrogens (tertiary/aromatic N) is 3. The van der Waals surface area contributed by atoms with E-state index in [1.807, 2.05) is 36.4 Å². The van der Waals surface area contributed by atoms with Crippen LogP contribution in [0.5, 0.6) is 17.2 Å². The van der Waals surface area contributed by atoms with Gasteiger partial charge in [0.05, 0.1) is 18.2 Å². The third-order valence-corrected chi connectivity index (χ3v) is 10.3. The smallest absolute Gasteiger partial charge is 0.301 e. The number of hydrogen-bond donors (Lipinski definition) is 1. The summed E-state index contributed by atoms with van der Waals surface area (Å²) in [7, 11) is 0. The number of aliphatic hydroxyl groups is 1. The number of thioether (sulfide) groups is 1. The first-order valence-electron chi connectivity index (χ1n) is 15.7. The highest BCUT2D eigenvalue weighted by molar-refractivity contribution is 8.00. The van der Waals surface area contributed by atoms with Crippen LogP contribution in [0.4, 0.5) is 5.13 Å². The van der Waals surface area contributed by atoms with Crippen LogP contribution in [0.3, 0.4) is 0 Å². The van der Waals surface area contributed by atoms with E-state index in [4.69, 9.17) is 14.2 Å². The van der Waals surface area contributed by atoms with E-state index in [1.165, 1.54) is 28.0 Å². The average Bonchev–Trinajstić information content (AvgIpc) is 3.68. The molecule has 9 nitrogen and oxygen atoms in total. The molecule has 3 heterocycles. The van der Waals surface area contributed by atoms with Gasteiger partial charge in [0.1, 0.15) is 24.7 Å². The van der Waals surface area contributed by atoms with Crippen LogP contribution in [0.25, 0.3) is 16.5 Å². The minimum atomic E-state index is -0.976. The average molecular weight is 680 g/mol. The van der Waals surface area contributed by atoms with Crippen molar-refractivity contribution in [3.63, 3.8) is 0 Å². The molecule has 0 radical (unpaired) electrons. The Kier molecular flexibility index (Phi) is 9.05. The van der Waals surface area contributed by atoms with E-state index in [0.29, 0.717) is 64.2 Å². The normalized spacial score (nSPS) is 17.0. The molecule has 1 amide bonds. The summed E-state index contributed by atoms with van der Waals surface area (Å²) in [6.07, 6.45) is 0.872. The highest BCUT2D eigenvalue weighted by Gasteiger charge is 2.48. The zero-order valence-electron chi connectivity index (χ0n) is 26.4. The molecular formula is C37H33N3O6S2. The van der Waals surface area contributed by atoms with Crippen LogP contribution in [-0.4, -0.2) is 46.8 Å². The van der Waals surface area contributed by atoms with Crippen LogP contribution >= 0.6 is 23.1 Å². The van der Waals surface area contributed by atoms with Gasteiger partial charge in [-0.3, -0.25) is 14.5 Å². The molecule has 2 aliphatic heterocycles. The molecule has 2 aliphatic rings. The summed E-state index contributed by atoms with van der Waals surface area (Å²) in [4.78, 5) is 29.0. The summed E-state index contributed by atoms with van der Waals surface area (Å²) < 4.78 is 18.0. The second kappa shape index (κ2) is 13.7. The van der Waals surface area contributed by atoms with Gasteiger partial charge >= 0.3 is 5.91 Å². The van der Waals surface area contributed by atoms with Gasteiger partial charge in [0.25, 0.3) is 5.78 Å². The molecule has 4 aromatic carbocycles. The fourth-order valence-electron chi connectivity index (χ4n) is 5.79. The molecule has 0 aliphatic carbocycles. The molecule has 1 N–H and O–H groups in total. The van der Waals surface area contributed by atoms with Crippen molar-refractivity contribution in [2.45, 2.75) is 36.4 Å². The number of ether oxygens (including phenoxy) is 3. The van der Waals surface area contributed by atoms with Crippen LogP contribution in [0, 0.1) is 5.92 Å². The summed E-state index contributed by atoms with van der Waals surface area (Å²) in [5.74, 6) is 0.776. The molecule has 0 bridgehead atoms. The van der Waals surface area contributed by atoms with Crippen LogP contribution in [0.15, 0.2) is 94.8 Å². The molecule has 244 valence electrons. The van der Waals surface area contributed by atoms with Gasteiger partial charge in [-0.25, -0.2) is 0 Å². The van der Waals surface area contributed by atoms with Crippen LogP contribution < -0.4 is 19.1 Å². The van der Waals surface area contributed by atoms with Crippen LogP contribution in [0.2, 0.25) is 0 Å². The lowest BCUT2D eigenvalue weighted by Gasteiger charge is -2.23. The molecule has 1 saturated heterocycles. The molecule has 1 fully saturated rings. The Morgan fingerprint density at radius 1 is 0.979 bits per heavy atom. The van der Waals surface area contributed by atoms with E-state index >= 15 is 0 Å². The minimum absolute atomic E-state index is 0.0591. The van der Waals surface area contributed by atoms with E-state index in [2.05, 4.69) is 48.3 Å². The van der Waals surface area contributed by atoms with Crippen LogP contribution in [0.1, 0.15) is 43.0 Å². The predicted molar refractivity (Wildman–Crippen MR) is 187 cm³/mol. The highest BCUT2D eigenvalue weighted by atomic mass is 32.2. The fraction of sp³-hybridized carbons (Fsp3) is 0.243. The number of carbonyl (C=O) groups is 2. The molecule has 1 aromatic heterocycles. The zero-order chi connectivity index (χ0) is 33.2. The Hall–Kier alpha value is -4.87. The SMILES string of the molecule is CC(C)CCOc1cccc([C@H]2/C(=C(\O)c3ccc4c(c3)OCCO4)C(=O)C(=O)N2c2nnc(SCc3cccc4ccccc34)s2)c1. The number of Topliss-reactive ketones (excluding diaryl/α,β-unsaturated/α-hetero) is 1. The summed E-state index contributed by atoms with van der Waals surface area (Å²) in [5, 5.41) is 23.0. The van der Waals surface area contributed by atoms with Crippen molar-refractivity contribution in [2.75, 3.05) is 24.7 Å². The second-order valence-corrected chi connectivity index (χ2v) is 14.1. The summed E-state index contributed by atoms with van der Waals surface area (Å²) in [5.41, 5.74) is 2.02. The molecule has 1 atom stereocenters. The van der Waals surface area contributed by atoms with E-state index in [1.54, 1.807) is 24.3 Å². The van der Waals surface area contributed by atoms with Crippen molar-refractivity contribution in [3.05, 3.63) is 107 Å². The number of benzene rings is 4. The number of anilines is 1. The van der Waals surface area contributed by atoms with Gasteiger partial charge in [-0.05, 0) is 64.6 Å². The number of hydrogen-bond acceptors (Lipinski definition) is 10. The van der Waals surface area contributed by atoms with Gasteiger partial charge in [0.2, 0.25) is 5.13 Å². The summed E-state index contributed by atoms with van der Waals surface area (Å²) in [6, 6.07) is 25.7. The van der Waals surface area contributed by atoms with Gasteiger partial charge in [-0.1, -0.05) is 91.5 Å². The maximum absolute atomic E-state index is 13.8. The van der Waals surface area contributed by atoms with Crippen LogP contribution in [-0.2, 0) is 15.3 Å². The number of carbonyl (C=O) groups excluding carboxylic acids is 2. The molecule has 0 spiro atoms. The number of amides is 1. The first-order valence-corrected chi connectivity index (χ1v) is 17.5. The Morgan fingerprint density at radius 2 is 1.77 bits per heavy atom. The topological polar surface area (TPSA) is 111 Å². The largest absolute Gasteiger partial charge is 0.507 e. The van der Waals surface area contributed by atoms with Crippen molar-refractivity contribution in [1.82, 2.24) is 10.2 Å². The van der Waals surface area contributed by atoms with Crippen molar-refractivity contribution < 1.29 is 28.9 Å². The van der Waals surface area contributed by atoms with Crippen molar-refractivity contribution >= 4 is 56.5 Å². The number of fused-ring (bicyclic) bond motifs is 2. The first-order chi connectivity index (χ1) is 23.4. The molecule has 11 heteroatoms. The maximum Gasteiger partial charge on any atom is 0.301 e. The van der Waals surface area contributed by atoms with Gasteiger partial charge in [-0.15, -0.1) is 10.2 Å². The van der Waals surface area contributed by atoms with E-state index in [9.17, 15) is 14.7 Å². The highest BCUT2D eigenvalue weighted by Crippen LogP contribution is 2.45. The van der Waals surface area contributed by atoms with E-state index in [0.717, 1.165) is 22.8 Å². The van der Waals surface area contributed by atoms with E-state index < -0.39 is 17.7 Å². The Morgan fingerprint density at radius 3 is 2.62 bits per heavy atom. The Bertz CT molecular complexity index is 2040.